The lowest BCUT2D eigenvalue weighted by molar-refractivity contribution is 0.0925. The van der Waals surface area contributed by atoms with Gasteiger partial charge in [0, 0.05) is 18.2 Å². The van der Waals surface area contributed by atoms with Gasteiger partial charge in [0.2, 0.25) is 5.89 Å². The summed E-state index contributed by atoms with van der Waals surface area (Å²) >= 11 is 0. The molecule has 3 aromatic carbocycles. The van der Waals surface area contributed by atoms with E-state index in [1.807, 2.05) is 48.5 Å². The van der Waals surface area contributed by atoms with Gasteiger partial charge in [-0.25, -0.2) is 14.6 Å². The third-order valence-corrected chi connectivity index (χ3v) is 6.44. The second kappa shape index (κ2) is 8.06. The average Bonchev–Trinajstić information content (AvgIpc) is 3.55. The molecule has 0 spiro atoms. The fourth-order valence-electron chi connectivity index (χ4n) is 4.53. The van der Waals surface area contributed by atoms with Crippen molar-refractivity contribution in [2.24, 2.45) is 7.05 Å². The number of fused-ring (bicyclic) bond motifs is 1. The lowest BCUT2D eigenvalue weighted by atomic mass is 10.1. The summed E-state index contributed by atoms with van der Waals surface area (Å²) in [7, 11) is 1.72. The Labute approximate surface area is 205 Å². The molecule has 2 aromatic heterocycles. The molecule has 0 fully saturated rings. The van der Waals surface area contributed by atoms with Crippen LogP contribution in [0.25, 0.3) is 28.5 Å². The van der Waals surface area contributed by atoms with Crippen LogP contribution in [0, 0.1) is 6.92 Å². The summed E-state index contributed by atoms with van der Waals surface area (Å²) in [6.45, 7) is 1.71. The Balaban J connectivity index is 1.40. The minimum Gasteiger partial charge on any atom is -0.436 e. The van der Waals surface area contributed by atoms with E-state index in [1.54, 1.807) is 55.2 Å². The number of hydrogen-bond donors (Lipinski definition) is 0. The van der Waals surface area contributed by atoms with Crippen LogP contribution in [0.1, 0.15) is 26.4 Å². The van der Waals surface area contributed by atoms with Crippen LogP contribution in [0.5, 0.6) is 0 Å². The van der Waals surface area contributed by atoms with Crippen molar-refractivity contribution in [3.05, 3.63) is 112 Å². The fraction of sp³-hybridized carbons (Fsp3) is 0.0714. The predicted octanol–water partition coefficient (Wildman–Crippen LogP) is 4.61. The van der Waals surface area contributed by atoms with Gasteiger partial charge in [-0.15, -0.1) is 0 Å². The molecule has 0 radical (unpaired) electrons. The number of oxazole rings is 1. The number of anilines is 1. The highest BCUT2D eigenvalue weighted by molar-refractivity contribution is 6.34. The molecule has 176 valence electrons. The van der Waals surface area contributed by atoms with Gasteiger partial charge < -0.3 is 4.42 Å². The van der Waals surface area contributed by atoms with Gasteiger partial charge in [0.25, 0.3) is 17.4 Å². The number of nitrogens with zero attached hydrogens (tertiary/aromatic N) is 4. The van der Waals surface area contributed by atoms with Crippen LogP contribution < -0.4 is 10.5 Å². The van der Waals surface area contributed by atoms with E-state index in [4.69, 9.17) is 4.42 Å². The molecule has 3 heterocycles. The van der Waals surface area contributed by atoms with Crippen molar-refractivity contribution < 1.29 is 14.0 Å². The third-order valence-electron chi connectivity index (χ3n) is 6.44. The lowest BCUT2D eigenvalue weighted by Crippen LogP contribution is -2.34. The minimum absolute atomic E-state index is 0.0385. The number of aromatic nitrogens is 3. The van der Waals surface area contributed by atoms with Crippen molar-refractivity contribution in [3.63, 3.8) is 0 Å². The fourth-order valence-corrected chi connectivity index (χ4v) is 4.53. The molecule has 5 aromatic rings. The highest BCUT2D eigenvalue weighted by atomic mass is 16.4. The Morgan fingerprint density at radius 2 is 1.44 bits per heavy atom. The van der Waals surface area contributed by atoms with Gasteiger partial charge in [-0.3, -0.25) is 19.1 Å². The Bertz CT molecular complexity index is 1710. The first-order valence-electron chi connectivity index (χ1n) is 11.3. The van der Waals surface area contributed by atoms with E-state index in [0.29, 0.717) is 28.6 Å². The Morgan fingerprint density at radius 1 is 0.778 bits per heavy atom. The van der Waals surface area contributed by atoms with Gasteiger partial charge >= 0.3 is 0 Å². The highest BCUT2D eigenvalue weighted by Crippen LogP contribution is 2.33. The van der Waals surface area contributed by atoms with E-state index in [2.05, 4.69) is 4.98 Å². The molecule has 2 amide bonds. The number of carbonyl (C=O) groups excluding carboxylic acids is 2. The largest absolute Gasteiger partial charge is 0.436 e. The second-order valence-corrected chi connectivity index (χ2v) is 8.51. The summed E-state index contributed by atoms with van der Waals surface area (Å²) in [5.74, 6) is -0.170. The summed E-state index contributed by atoms with van der Waals surface area (Å²) in [5.41, 5.74) is 2.59. The standard InChI is InChI=1S/C28H20N4O4/c1-17-24(28(35)32(30(17)2)20-11-7-4-8-12-20)31-26(33)21-14-13-19(15-22(21)27(31)34)25-29-16-23(36-25)18-9-5-3-6-10-18/h3-16H,1-2H3. The number of carbonyl (C=O) groups is 2. The molecule has 36 heavy (non-hydrogen) atoms. The van der Waals surface area contributed by atoms with Crippen LogP contribution >= 0.6 is 0 Å². The van der Waals surface area contributed by atoms with Gasteiger partial charge in [0.05, 0.1) is 28.7 Å². The Kier molecular flexibility index (Phi) is 4.82. The van der Waals surface area contributed by atoms with Gasteiger partial charge in [-0.2, -0.15) is 0 Å². The molecule has 1 aliphatic heterocycles. The Hall–Kier alpha value is -4.98. The first-order valence-corrected chi connectivity index (χ1v) is 11.3. The van der Waals surface area contributed by atoms with Crippen LogP contribution in [0.15, 0.2) is 94.3 Å². The van der Waals surface area contributed by atoms with Crippen molar-refractivity contribution in [1.29, 1.82) is 0 Å². The van der Waals surface area contributed by atoms with Crippen LogP contribution in [-0.4, -0.2) is 26.2 Å². The second-order valence-electron chi connectivity index (χ2n) is 8.51. The molecule has 0 N–H and O–H groups in total. The normalized spacial score (nSPS) is 12.9. The van der Waals surface area contributed by atoms with Gasteiger partial charge in [0.15, 0.2) is 5.76 Å². The average molecular weight is 476 g/mol. The first kappa shape index (κ1) is 21.5. The predicted molar refractivity (Wildman–Crippen MR) is 134 cm³/mol. The number of benzene rings is 3. The number of hydrogen-bond acceptors (Lipinski definition) is 5. The number of para-hydroxylation sites is 1. The zero-order chi connectivity index (χ0) is 25.0. The van der Waals surface area contributed by atoms with Crippen molar-refractivity contribution in [2.75, 3.05) is 4.90 Å². The van der Waals surface area contributed by atoms with Gasteiger partial charge in [-0.1, -0.05) is 48.5 Å². The zero-order valence-electron chi connectivity index (χ0n) is 19.5. The lowest BCUT2D eigenvalue weighted by Gasteiger charge is -2.11. The molecule has 0 aliphatic carbocycles. The number of amides is 2. The maximum Gasteiger partial charge on any atom is 0.296 e. The van der Waals surface area contributed by atoms with E-state index in [9.17, 15) is 14.4 Å². The molecule has 1 aliphatic rings. The molecule has 0 bridgehead atoms. The topological polar surface area (TPSA) is 90.3 Å². The van der Waals surface area contributed by atoms with Crippen molar-refractivity contribution in [3.8, 4) is 28.5 Å². The molecular formula is C28H20N4O4. The smallest absolute Gasteiger partial charge is 0.296 e. The summed E-state index contributed by atoms with van der Waals surface area (Å²) in [5, 5.41) is 0. The summed E-state index contributed by atoms with van der Waals surface area (Å²) in [6.07, 6.45) is 1.62. The third kappa shape index (κ3) is 3.15. The van der Waals surface area contributed by atoms with Crippen LogP contribution in [0.2, 0.25) is 0 Å². The van der Waals surface area contributed by atoms with Gasteiger partial charge in [0.1, 0.15) is 5.69 Å². The van der Waals surface area contributed by atoms with Crippen molar-refractivity contribution in [1.82, 2.24) is 14.3 Å². The zero-order valence-corrected chi connectivity index (χ0v) is 19.5. The molecule has 8 heteroatoms. The van der Waals surface area contributed by atoms with Crippen LogP contribution in [0.4, 0.5) is 5.69 Å². The van der Waals surface area contributed by atoms with Crippen molar-refractivity contribution in [2.45, 2.75) is 6.92 Å². The summed E-state index contributed by atoms with van der Waals surface area (Å²) in [6, 6.07) is 23.5. The molecule has 0 atom stereocenters. The first-order chi connectivity index (χ1) is 17.5. The van der Waals surface area contributed by atoms with E-state index in [0.717, 1.165) is 10.5 Å². The SMILES string of the molecule is Cc1c(N2C(=O)c3ccc(-c4ncc(-c5ccccc5)o4)cc3C2=O)c(=O)n(-c2ccccc2)n1C. The monoisotopic (exact) mass is 476 g/mol. The highest BCUT2D eigenvalue weighted by Gasteiger charge is 2.40. The molecule has 6 rings (SSSR count). The van der Waals surface area contributed by atoms with E-state index >= 15 is 0 Å². The summed E-state index contributed by atoms with van der Waals surface area (Å²) < 4.78 is 9.00. The van der Waals surface area contributed by atoms with E-state index in [1.165, 1.54) is 4.68 Å². The maximum atomic E-state index is 13.5. The molecular weight excluding hydrogens is 456 g/mol. The number of imide groups is 1. The van der Waals surface area contributed by atoms with Crippen LogP contribution in [-0.2, 0) is 7.05 Å². The molecule has 0 saturated carbocycles. The molecule has 8 nitrogen and oxygen atoms in total. The molecule has 0 unspecified atom stereocenters. The minimum atomic E-state index is -0.558. The summed E-state index contributed by atoms with van der Waals surface area (Å²) in [4.78, 5) is 45.5. The van der Waals surface area contributed by atoms with Crippen molar-refractivity contribution >= 4 is 17.5 Å². The Morgan fingerprint density at radius 3 is 2.17 bits per heavy atom. The number of rotatable bonds is 4. The van der Waals surface area contributed by atoms with E-state index < -0.39 is 17.4 Å². The molecule has 0 saturated heterocycles. The van der Waals surface area contributed by atoms with E-state index in [-0.39, 0.29) is 16.8 Å². The van der Waals surface area contributed by atoms with Gasteiger partial charge in [-0.05, 0) is 37.3 Å². The van der Waals surface area contributed by atoms with Crippen LogP contribution in [0.3, 0.4) is 0 Å². The maximum absolute atomic E-state index is 13.5. The quantitative estimate of drug-likeness (QED) is 0.354.